The van der Waals surface area contributed by atoms with E-state index in [-0.39, 0.29) is 5.60 Å². The van der Waals surface area contributed by atoms with E-state index in [1.54, 1.807) is 0 Å². The van der Waals surface area contributed by atoms with Crippen LogP contribution >= 0.6 is 11.3 Å². The summed E-state index contributed by atoms with van der Waals surface area (Å²) in [6.07, 6.45) is 2.09. The fourth-order valence-corrected chi connectivity index (χ4v) is 3.70. The Hall–Kier alpha value is -0.460. The largest absolute Gasteiger partial charge is 0.389 e. The number of aliphatic hydroxyl groups excluding tert-OH is 1. The highest BCUT2D eigenvalue weighted by Crippen LogP contribution is 2.20. The predicted molar refractivity (Wildman–Crippen MR) is 95.0 cm³/mol. The van der Waals surface area contributed by atoms with E-state index in [1.807, 2.05) is 32.1 Å². The number of hydrogen-bond donors (Lipinski definition) is 1. The third kappa shape index (κ3) is 7.31. The van der Waals surface area contributed by atoms with Crippen LogP contribution in [0.4, 0.5) is 0 Å². The molecule has 0 amide bonds. The molecule has 1 aliphatic heterocycles. The van der Waals surface area contributed by atoms with Gasteiger partial charge in [0.15, 0.2) is 0 Å². The number of aliphatic hydroxyl groups is 1. The quantitative estimate of drug-likeness (QED) is 0.788. The molecular formula is C18H31NO3S. The van der Waals surface area contributed by atoms with Crippen molar-refractivity contribution in [3.63, 3.8) is 0 Å². The SMILES string of the molecule is Cc1ccc(CN(CC(O)COC(C)(C)C)CC2CCCO2)s1. The second-order valence-electron chi connectivity index (χ2n) is 7.42. The van der Waals surface area contributed by atoms with E-state index in [9.17, 15) is 5.11 Å². The Balaban J connectivity index is 1.89. The van der Waals surface area contributed by atoms with Crippen LogP contribution in [0, 0.1) is 6.92 Å². The highest BCUT2D eigenvalue weighted by molar-refractivity contribution is 7.11. The first-order chi connectivity index (χ1) is 10.8. The molecule has 1 aromatic rings. The topological polar surface area (TPSA) is 41.9 Å². The van der Waals surface area contributed by atoms with Crippen molar-refractivity contribution in [1.82, 2.24) is 4.90 Å². The van der Waals surface area contributed by atoms with Gasteiger partial charge in [-0.25, -0.2) is 0 Å². The molecule has 0 saturated carbocycles. The molecule has 0 aliphatic carbocycles. The minimum atomic E-state index is -0.475. The minimum Gasteiger partial charge on any atom is -0.389 e. The molecule has 1 N–H and O–H groups in total. The van der Waals surface area contributed by atoms with E-state index in [2.05, 4.69) is 24.0 Å². The lowest BCUT2D eigenvalue weighted by atomic mass is 10.2. The van der Waals surface area contributed by atoms with Gasteiger partial charge in [0.2, 0.25) is 0 Å². The van der Waals surface area contributed by atoms with E-state index in [4.69, 9.17) is 9.47 Å². The molecule has 0 spiro atoms. The normalized spacial score (nSPS) is 20.3. The number of hydrogen-bond acceptors (Lipinski definition) is 5. The van der Waals surface area contributed by atoms with Gasteiger partial charge in [-0.2, -0.15) is 0 Å². The molecule has 5 heteroatoms. The highest BCUT2D eigenvalue weighted by atomic mass is 32.1. The van der Waals surface area contributed by atoms with Crippen LogP contribution in [0.25, 0.3) is 0 Å². The van der Waals surface area contributed by atoms with Crippen molar-refractivity contribution in [3.8, 4) is 0 Å². The number of thiophene rings is 1. The third-order valence-electron chi connectivity index (χ3n) is 3.84. The monoisotopic (exact) mass is 341 g/mol. The van der Waals surface area contributed by atoms with Crippen LogP contribution in [0.2, 0.25) is 0 Å². The molecule has 2 rings (SSSR count). The zero-order valence-corrected chi connectivity index (χ0v) is 15.7. The van der Waals surface area contributed by atoms with Gasteiger partial charge in [0.1, 0.15) is 0 Å². The zero-order chi connectivity index (χ0) is 16.9. The lowest BCUT2D eigenvalue weighted by Crippen LogP contribution is -2.40. The first-order valence-corrected chi connectivity index (χ1v) is 9.35. The third-order valence-corrected chi connectivity index (χ3v) is 4.82. The number of rotatable bonds is 8. The van der Waals surface area contributed by atoms with Crippen LogP contribution in [0.15, 0.2) is 12.1 Å². The molecule has 2 atom stereocenters. The average Bonchev–Trinajstić information content (AvgIpc) is 3.08. The molecule has 0 bridgehead atoms. The summed E-state index contributed by atoms with van der Waals surface area (Å²) < 4.78 is 11.5. The summed E-state index contributed by atoms with van der Waals surface area (Å²) in [5.41, 5.74) is -0.217. The molecule has 4 nitrogen and oxygen atoms in total. The zero-order valence-electron chi connectivity index (χ0n) is 14.9. The molecule has 132 valence electrons. The van der Waals surface area contributed by atoms with E-state index >= 15 is 0 Å². The molecule has 2 unspecified atom stereocenters. The molecular weight excluding hydrogens is 310 g/mol. The van der Waals surface area contributed by atoms with E-state index in [0.717, 1.165) is 32.5 Å². The smallest absolute Gasteiger partial charge is 0.0900 e. The Kier molecular flexibility index (Phi) is 7.04. The lowest BCUT2D eigenvalue weighted by Gasteiger charge is -2.28. The Morgan fingerprint density at radius 1 is 1.43 bits per heavy atom. The summed E-state index contributed by atoms with van der Waals surface area (Å²) >= 11 is 1.82. The van der Waals surface area contributed by atoms with Gasteiger partial charge in [-0.3, -0.25) is 4.90 Å². The van der Waals surface area contributed by atoms with E-state index in [0.29, 0.717) is 19.3 Å². The Morgan fingerprint density at radius 2 is 2.22 bits per heavy atom. The van der Waals surface area contributed by atoms with Gasteiger partial charge in [-0.05, 0) is 52.7 Å². The summed E-state index contributed by atoms with van der Waals surface area (Å²) in [6, 6.07) is 4.34. The summed E-state index contributed by atoms with van der Waals surface area (Å²) in [7, 11) is 0. The van der Waals surface area contributed by atoms with Crippen LogP contribution in [-0.4, -0.2) is 54.1 Å². The van der Waals surface area contributed by atoms with Crippen molar-refractivity contribution in [2.24, 2.45) is 0 Å². The maximum absolute atomic E-state index is 10.3. The van der Waals surface area contributed by atoms with Crippen LogP contribution in [-0.2, 0) is 16.0 Å². The van der Waals surface area contributed by atoms with Gasteiger partial charge in [0.05, 0.1) is 24.4 Å². The number of nitrogens with zero attached hydrogens (tertiary/aromatic N) is 1. The Labute approximate surface area is 144 Å². The molecule has 1 aromatic heterocycles. The van der Waals surface area contributed by atoms with Gasteiger partial charge in [-0.15, -0.1) is 11.3 Å². The first kappa shape index (κ1) is 18.9. The summed E-state index contributed by atoms with van der Waals surface area (Å²) in [5.74, 6) is 0. The second kappa shape index (κ2) is 8.58. The summed E-state index contributed by atoms with van der Waals surface area (Å²) in [5, 5.41) is 10.3. The Bertz CT molecular complexity index is 463. The molecule has 0 radical (unpaired) electrons. The first-order valence-electron chi connectivity index (χ1n) is 8.53. The summed E-state index contributed by atoms with van der Waals surface area (Å²) in [6.45, 7) is 11.8. The van der Waals surface area contributed by atoms with Crippen LogP contribution in [0.1, 0.15) is 43.4 Å². The van der Waals surface area contributed by atoms with Crippen molar-refractivity contribution in [3.05, 3.63) is 21.9 Å². The standard InChI is InChI=1S/C18H31NO3S/c1-14-7-8-17(23-14)12-19(11-16-6-5-9-21-16)10-15(20)13-22-18(2,3)4/h7-8,15-16,20H,5-6,9-13H2,1-4H3. The number of aryl methyl sites for hydroxylation is 1. The summed E-state index contributed by atoms with van der Waals surface area (Å²) in [4.78, 5) is 4.97. The molecule has 1 saturated heterocycles. The Morgan fingerprint density at radius 3 is 2.78 bits per heavy atom. The van der Waals surface area contributed by atoms with Crippen molar-refractivity contribution in [2.75, 3.05) is 26.3 Å². The van der Waals surface area contributed by atoms with Gasteiger partial charge in [0.25, 0.3) is 0 Å². The molecule has 2 heterocycles. The van der Waals surface area contributed by atoms with Crippen LogP contribution in [0.5, 0.6) is 0 Å². The van der Waals surface area contributed by atoms with E-state index < -0.39 is 6.10 Å². The fourth-order valence-electron chi connectivity index (χ4n) is 2.77. The van der Waals surface area contributed by atoms with Gasteiger partial charge in [-0.1, -0.05) is 0 Å². The minimum absolute atomic E-state index is 0.217. The van der Waals surface area contributed by atoms with E-state index in [1.165, 1.54) is 9.75 Å². The van der Waals surface area contributed by atoms with Gasteiger partial charge in [0, 0.05) is 36.0 Å². The second-order valence-corrected chi connectivity index (χ2v) is 8.79. The predicted octanol–water partition coefficient (Wildman–Crippen LogP) is 3.21. The van der Waals surface area contributed by atoms with Gasteiger partial charge >= 0.3 is 0 Å². The maximum atomic E-state index is 10.3. The lowest BCUT2D eigenvalue weighted by molar-refractivity contribution is -0.0593. The van der Waals surface area contributed by atoms with Gasteiger partial charge < -0.3 is 14.6 Å². The van der Waals surface area contributed by atoms with Crippen LogP contribution in [0.3, 0.4) is 0 Å². The fraction of sp³-hybridized carbons (Fsp3) is 0.778. The molecule has 0 aromatic carbocycles. The molecule has 1 fully saturated rings. The van der Waals surface area contributed by atoms with Crippen LogP contribution < -0.4 is 0 Å². The average molecular weight is 342 g/mol. The van der Waals surface area contributed by atoms with Crippen molar-refractivity contribution < 1.29 is 14.6 Å². The van der Waals surface area contributed by atoms with Crippen molar-refractivity contribution >= 4 is 11.3 Å². The van der Waals surface area contributed by atoms with Crippen molar-refractivity contribution in [2.45, 2.75) is 64.9 Å². The molecule has 23 heavy (non-hydrogen) atoms. The maximum Gasteiger partial charge on any atom is 0.0900 e. The highest BCUT2D eigenvalue weighted by Gasteiger charge is 2.22. The number of ether oxygens (including phenoxy) is 2. The molecule has 1 aliphatic rings. The van der Waals surface area contributed by atoms with Crippen molar-refractivity contribution in [1.29, 1.82) is 0 Å².